The lowest BCUT2D eigenvalue weighted by Gasteiger charge is -2.28. The van der Waals surface area contributed by atoms with E-state index in [9.17, 15) is 14.4 Å². The van der Waals surface area contributed by atoms with Crippen molar-refractivity contribution in [3.8, 4) is 5.75 Å². The molecule has 1 fully saturated rings. The Morgan fingerprint density at radius 2 is 1.81 bits per heavy atom. The van der Waals surface area contributed by atoms with E-state index in [4.69, 9.17) is 4.74 Å². The zero-order valence-electron chi connectivity index (χ0n) is 17.8. The zero-order valence-corrected chi connectivity index (χ0v) is 17.8. The Balaban J connectivity index is 1.88. The number of anilines is 1. The third-order valence-corrected chi connectivity index (χ3v) is 5.28. The molecule has 3 aromatic carbocycles. The first-order valence-corrected chi connectivity index (χ1v) is 10.1. The summed E-state index contributed by atoms with van der Waals surface area (Å²) in [4.78, 5) is 39.7. The highest BCUT2D eigenvalue weighted by molar-refractivity contribution is 6.39. The predicted molar refractivity (Wildman–Crippen MR) is 125 cm³/mol. The maximum Gasteiger partial charge on any atom is 0.335 e. The maximum atomic E-state index is 13.4. The number of aryl methyl sites for hydroxylation is 2. The van der Waals surface area contributed by atoms with Gasteiger partial charge >= 0.3 is 6.03 Å². The molecule has 0 unspecified atom stereocenters. The Hall–Kier alpha value is -4.19. The molecule has 4 rings (SSSR count). The van der Waals surface area contributed by atoms with Crippen molar-refractivity contribution in [1.29, 1.82) is 0 Å². The van der Waals surface area contributed by atoms with Gasteiger partial charge < -0.3 is 4.74 Å². The van der Waals surface area contributed by atoms with Crippen molar-refractivity contribution in [3.05, 3.63) is 89.5 Å². The fourth-order valence-corrected chi connectivity index (χ4v) is 3.68. The number of carbonyl (C=O) groups is 3. The van der Waals surface area contributed by atoms with Gasteiger partial charge in [-0.3, -0.25) is 14.9 Å². The molecule has 32 heavy (non-hydrogen) atoms. The lowest BCUT2D eigenvalue weighted by molar-refractivity contribution is -0.122. The van der Waals surface area contributed by atoms with Crippen molar-refractivity contribution < 1.29 is 19.1 Å². The van der Waals surface area contributed by atoms with Gasteiger partial charge in [-0.25, -0.2) is 9.69 Å². The van der Waals surface area contributed by atoms with E-state index >= 15 is 0 Å². The molecule has 0 bridgehead atoms. The molecule has 160 valence electrons. The average molecular weight is 426 g/mol. The number of rotatable bonds is 5. The molecule has 3 aromatic rings. The minimum Gasteiger partial charge on any atom is -0.489 e. The lowest BCUT2D eigenvalue weighted by atomic mass is 9.99. The molecule has 0 aliphatic carbocycles. The Morgan fingerprint density at radius 3 is 2.59 bits per heavy atom. The Kier molecular flexibility index (Phi) is 5.60. The van der Waals surface area contributed by atoms with Crippen LogP contribution < -0.4 is 15.0 Å². The van der Waals surface area contributed by atoms with Crippen LogP contribution in [-0.2, 0) is 9.59 Å². The van der Waals surface area contributed by atoms with Gasteiger partial charge in [-0.2, -0.15) is 0 Å². The molecule has 0 aromatic heterocycles. The summed E-state index contributed by atoms with van der Waals surface area (Å²) in [6.45, 7) is 7.62. The summed E-state index contributed by atoms with van der Waals surface area (Å²) in [5.41, 5.74) is 2.51. The quantitative estimate of drug-likeness (QED) is 0.365. The van der Waals surface area contributed by atoms with Crippen LogP contribution >= 0.6 is 0 Å². The maximum absolute atomic E-state index is 13.4. The van der Waals surface area contributed by atoms with Crippen LogP contribution in [0.3, 0.4) is 0 Å². The number of nitrogens with zero attached hydrogens (tertiary/aromatic N) is 1. The van der Waals surface area contributed by atoms with Gasteiger partial charge in [0.25, 0.3) is 11.8 Å². The van der Waals surface area contributed by atoms with Crippen LogP contribution in [-0.4, -0.2) is 24.5 Å². The molecular weight excluding hydrogens is 404 g/mol. The van der Waals surface area contributed by atoms with Gasteiger partial charge in [0.05, 0.1) is 5.69 Å². The number of benzene rings is 3. The number of carbonyl (C=O) groups excluding carboxylic acids is 3. The number of ether oxygens (including phenoxy) is 1. The van der Waals surface area contributed by atoms with E-state index in [2.05, 4.69) is 11.9 Å². The number of fused-ring (bicyclic) bond motifs is 1. The minimum absolute atomic E-state index is 0.148. The predicted octanol–water partition coefficient (Wildman–Crippen LogP) is 4.69. The van der Waals surface area contributed by atoms with E-state index in [1.165, 1.54) is 6.08 Å². The summed E-state index contributed by atoms with van der Waals surface area (Å²) >= 11 is 0. The topological polar surface area (TPSA) is 75.7 Å². The average Bonchev–Trinajstić information content (AvgIpc) is 2.77. The van der Waals surface area contributed by atoms with E-state index in [0.717, 1.165) is 26.8 Å². The summed E-state index contributed by atoms with van der Waals surface area (Å²) < 4.78 is 5.79. The number of amides is 4. The highest BCUT2D eigenvalue weighted by atomic mass is 16.5. The Bertz CT molecular complexity index is 1310. The monoisotopic (exact) mass is 426 g/mol. The number of barbiturate groups is 1. The first-order valence-electron chi connectivity index (χ1n) is 10.1. The first kappa shape index (κ1) is 21.1. The zero-order chi connectivity index (χ0) is 22.8. The molecule has 1 N–H and O–H groups in total. The highest BCUT2D eigenvalue weighted by Gasteiger charge is 2.37. The van der Waals surface area contributed by atoms with E-state index in [-0.39, 0.29) is 12.2 Å². The summed E-state index contributed by atoms with van der Waals surface area (Å²) in [7, 11) is 0. The van der Waals surface area contributed by atoms with Crippen LogP contribution in [0.5, 0.6) is 5.75 Å². The third-order valence-electron chi connectivity index (χ3n) is 5.28. The molecule has 0 radical (unpaired) electrons. The summed E-state index contributed by atoms with van der Waals surface area (Å²) in [5, 5.41) is 4.03. The van der Waals surface area contributed by atoms with E-state index in [1.807, 2.05) is 49.4 Å². The Morgan fingerprint density at radius 1 is 1.03 bits per heavy atom. The van der Waals surface area contributed by atoms with Gasteiger partial charge in [0, 0.05) is 5.56 Å². The molecule has 1 aliphatic rings. The van der Waals surface area contributed by atoms with Crippen LogP contribution in [0, 0.1) is 13.8 Å². The minimum atomic E-state index is -0.771. The Labute approximate surface area is 185 Å². The molecule has 1 aliphatic heterocycles. The number of nitrogens with one attached hydrogen (secondary N) is 1. The molecule has 6 nitrogen and oxygen atoms in total. The van der Waals surface area contributed by atoms with Gasteiger partial charge in [0.2, 0.25) is 0 Å². The standard InChI is InChI=1S/C26H22N2O4/c1-4-13-32-23-12-11-18-7-5-6-8-19(18)20(23)15-21-24(29)27-26(31)28(25(21)30)22-14-16(2)9-10-17(22)3/h4-12,14-15H,1,13H2,2-3H3,(H,27,29,31)/b21-15+. The highest BCUT2D eigenvalue weighted by Crippen LogP contribution is 2.32. The third kappa shape index (κ3) is 3.78. The van der Waals surface area contributed by atoms with E-state index < -0.39 is 17.8 Å². The van der Waals surface area contributed by atoms with Crippen molar-refractivity contribution in [2.24, 2.45) is 0 Å². The number of hydrogen-bond acceptors (Lipinski definition) is 4. The summed E-state index contributed by atoms with van der Waals surface area (Å²) in [5.74, 6) is -0.925. The summed E-state index contributed by atoms with van der Waals surface area (Å²) in [6, 6.07) is 16.0. The molecule has 1 heterocycles. The molecule has 1 saturated heterocycles. The van der Waals surface area contributed by atoms with Crippen molar-refractivity contribution in [2.75, 3.05) is 11.5 Å². The van der Waals surface area contributed by atoms with Gasteiger partial charge in [-0.1, -0.05) is 55.1 Å². The van der Waals surface area contributed by atoms with Gasteiger partial charge in [-0.05, 0) is 54.0 Å². The van der Waals surface area contributed by atoms with Gasteiger partial charge in [-0.15, -0.1) is 0 Å². The second-order valence-electron chi connectivity index (χ2n) is 7.55. The van der Waals surface area contributed by atoms with Crippen molar-refractivity contribution >= 4 is 40.4 Å². The van der Waals surface area contributed by atoms with Crippen LogP contribution in [0.25, 0.3) is 16.8 Å². The van der Waals surface area contributed by atoms with E-state index in [1.54, 1.807) is 25.1 Å². The molecule has 4 amide bonds. The molecule has 6 heteroatoms. The first-order chi connectivity index (χ1) is 15.4. The fourth-order valence-electron chi connectivity index (χ4n) is 3.68. The summed E-state index contributed by atoms with van der Waals surface area (Å²) in [6.07, 6.45) is 3.11. The number of imide groups is 2. The van der Waals surface area contributed by atoms with Gasteiger partial charge in [0.1, 0.15) is 17.9 Å². The van der Waals surface area contributed by atoms with Crippen molar-refractivity contribution in [2.45, 2.75) is 13.8 Å². The second kappa shape index (κ2) is 8.51. The molecule has 0 atom stereocenters. The largest absolute Gasteiger partial charge is 0.489 e. The van der Waals surface area contributed by atoms with Gasteiger partial charge in [0.15, 0.2) is 0 Å². The molecule has 0 spiro atoms. The van der Waals surface area contributed by atoms with Crippen molar-refractivity contribution in [3.63, 3.8) is 0 Å². The molecule has 0 saturated carbocycles. The molecular formula is C26H22N2O4. The SMILES string of the molecule is C=CCOc1ccc2ccccc2c1/C=C1\C(=O)NC(=O)N(c2cc(C)ccc2C)C1=O. The van der Waals surface area contributed by atoms with Crippen molar-refractivity contribution in [1.82, 2.24) is 5.32 Å². The fraction of sp³-hybridized carbons (Fsp3) is 0.115. The van der Waals surface area contributed by atoms with Crippen LogP contribution in [0.1, 0.15) is 16.7 Å². The number of hydrogen-bond donors (Lipinski definition) is 1. The smallest absolute Gasteiger partial charge is 0.335 e. The van der Waals surface area contributed by atoms with Crippen LogP contribution in [0.2, 0.25) is 0 Å². The van der Waals surface area contributed by atoms with Crippen LogP contribution in [0.15, 0.2) is 72.8 Å². The second-order valence-corrected chi connectivity index (χ2v) is 7.55. The van der Waals surface area contributed by atoms with Crippen LogP contribution in [0.4, 0.5) is 10.5 Å². The lowest BCUT2D eigenvalue weighted by Crippen LogP contribution is -2.54. The number of urea groups is 1. The normalized spacial score (nSPS) is 15.2. The van der Waals surface area contributed by atoms with E-state index in [0.29, 0.717) is 17.0 Å².